The van der Waals surface area contributed by atoms with Crippen LogP contribution in [-0.4, -0.2) is 12.1 Å². The van der Waals surface area contributed by atoms with Crippen molar-refractivity contribution in [3.05, 3.63) is 29.1 Å². The van der Waals surface area contributed by atoms with Gasteiger partial charge in [0, 0.05) is 19.5 Å². The van der Waals surface area contributed by atoms with E-state index >= 15 is 0 Å². The predicted molar refractivity (Wildman–Crippen MR) is 44.4 cm³/mol. The molecule has 1 heterocycles. The van der Waals surface area contributed by atoms with E-state index in [2.05, 4.69) is 4.98 Å². The third-order valence-electron chi connectivity index (χ3n) is 1.78. The minimum absolute atomic E-state index is 0.681. The molecule has 0 fully saturated rings. The van der Waals surface area contributed by atoms with Crippen LogP contribution in [0.25, 0.3) is 0 Å². The molecule has 0 N–H and O–H groups in total. The van der Waals surface area contributed by atoms with Crippen molar-refractivity contribution < 1.29 is 4.74 Å². The van der Waals surface area contributed by atoms with Crippen LogP contribution in [0.1, 0.15) is 16.7 Å². The number of nitrogens with zero attached hydrogens (tertiary/aromatic N) is 1. The van der Waals surface area contributed by atoms with Gasteiger partial charge in [-0.1, -0.05) is 0 Å². The van der Waals surface area contributed by atoms with Gasteiger partial charge in [-0.15, -0.1) is 0 Å². The molecule has 0 aliphatic heterocycles. The second-order valence-electron chi connectivity index (χ2n) is 2.68. The van der Waals surface area contributed by atoms with Crippen molar-refractivity contribution in [2.45, 2.75) is 20.5 Å². The highest BCUT2D eigenvalue weighted by Crippen LogP contribution is 2.11. The zero-order valence-electron chi connectivity index (χ0n) is 7.22. The Balaban J connectivity index is 3.00. The van der Waals surface area contributed by atoms with Gasteiger partial charge in [0.15, 0.2) is 0 Å². The third-order valence-corrected chi connectivity index (χ3v) is 1.78. The Bertz CT molecular complexity index is 225. The maximum absolute atomic E-state index is 5.06. The van der Waals surface area contributed by atoms with E-state index in [0.717, 1.165) is 0 Å². The summed E-state index contributed by atoms with van der Waals surface area (Å²) in [7, 11) is 1.71. The van der Waals surface area contributed by atoms with E-state index in [0.29, 0.717) is 6.61 Å². The highest BCUT2D eigenvalue weighted by molar-refractivity contribution is 5.28. The van der Waals surface area contributed by atoms with Gasteiger partial charge in [-0.05, 0) is 30.5 Å². The van der Waals surface area contributed by atoms with E-state index in [-0.39, 0.29) is 0 Å². The lowest BCUT2D eigenvalue weighted by atomic mass is 10.1. The summed E-state index contributed by atoms with van der Waals surface area (Å²) in [6, 6.07) is 0. The van der Waals surface area contributed by atoms with Crippen LogP contribution in [0.2, 0.25) is 0 Å². The number of aryl methyl sites for hydroxylation is 2. The van der Waals surface area contributed by atoms with Crippen LogP contribution in [-0.2, 0) is 11.3 Å². The number of methoxy groups -OCH3 is 1. The van der Waals surface area contributed by atoms with E-state index in [9.17, 15) is 0 Å². The summed E-state index contributed by atoms with van der Waals surface area (Å²) in [6.45, 7) is 4.78. The third kappa shape index (κ3) is 1.77. The topological polar surface area (TPSA) is 22.1 Å². The number of hydrogen-bond donors (Lipinski definition) is 0. The highest BCUT2D eigenvalue weighted by atomic mass is 16.5. The molecule has 0 aliphatic rings. The number of ether oxygens (including phenoxy) is 1. The van der Waals surface area contributed by atoms with Gasteiger partial charge < -0.3 is 4.74 Å². The summed E-state index contributed by atoms with van der Waals surface area (Å²) in [5.74, 6) is 0. The molecule has 0 spiro atoms. The van der Waals surface area contributed by atoms with Crippen molar-refractivity contribution in [2.24, 2.45) is 0 Å². The summed E-state index contributed by atoms with van der Waals surface area (Å²) >= 11 is 0. The molecule has 1 rings (SSSR count). The molecule has 0 radical (unpaired) electrons. The molecule has 2 nitrogen and oxygen atoms in total. The van der Waals surface area contributed by atoms with E-state index in [1.165, 1.54) is 16.7 Å². The standard InChI is InChI=1S/C9H13NO/c1-7-4-10-5-8(2)9(7)6-11-3/h4-5H,6H2,1-3H3. The lowest BCUT2D eigenvalue weighted by molar-refractivity contribution is 0.184. The fourth-order valence-corrected chi connectivity index (χ4v) is 1.10. The minimum atomic E-state index is 0.681. The van der Waals surface area contributed by atoms with Crippen LogP contribution >= 0.6 is 0 Å². The van der Waals surface area contributed by atoms with Gasteiger partial charge in [0.05, 0.1) is 6.61 Å². The molecule has 0 bridgehead atoms. The summed E-state index contributed by atoms with van der Waals surface area (Å²) in [5.41, 5.74) is 3.65. The van der Waals surface area contributed by atoms with Crippen LogP contribution in [0.5, 0.6) is 0 Å². The molecular formula is C9H13NO. The van der Waals surface area contributed by atoms with Crippen LogP contribution in [0.4, 0.5) is 0 Å². The second kappa shape index (κ2) is 3.49. The first kappa shape index (κ1) is 8.21. The molecule has 0 aromatic carbocycles. The predicted octanol–water partition coefficient (Wildman–Crippen LogP) is 1.84. The van der Waals surface area contributed by atoms with E-state index in [4.69, 9.17) is 4.74 Å². The quantitative estimate of drug-likeness (QED) is 0.643. The number of aromatic nitrogens is 1. The van der Waals surface area contributed by atoms with Gasteiger partial charge in [0.25, 0.3) is 0 Å². The molecule has 0 saturated heterocycles. The van der Waals surface area contributed by atoms with E-state index in [1.54, 1.807) is 7.11 Å². The maximum Gasteiger partial charge on any atom is 0.0719 e. The molecule has 0 saturated carbocycles. The van der Waals surface area contributed by atoms with Gasteiger partial charge in [-0.2, -0.15) is 0 Å². The van der Waals surface area contributed by atoms with E-state index < -0.39 is 0 Å². The fourth-order valence-electron chi connectivity index (χ4n) is 1.10. The Morgan fingerprint density at radius 1 is 1.27 bits per heavy atom. The van der Waals surface area contributed by atoms with Crippen LogP contribution in [0, 0.1) is 13.8 Å². The van der Waals surface area contributed by atoms with Crippen molar-refractivity contribution in [2.75, 3.05) is 7.11 Å². The van der Waals surface area contributed by atoms with Crippen molar-refractivity contribution in [3.63, 3.8) is 0 Å². The molecule has 1 aromatic heterocycles. The SMILES string of the molecule is COCc1c(C)cncc1C. The Morgan fingerprint density at radius 3 is 2.27 bits per heavy atom. The Kier molecular flexibility index (Phi) is 2.60. The molecule has 2 heteroatoms. The Labute approximate surface area is 67.2 Å². The Hall–Kier alpha value is -0.890. The fraction of sp³-hybridized carbons (Fsp3) is 0.444. The molecule has 11 heavy (non-hydrogen) atoms. The van der Waals surface area contributed by atoms with Crippen molar-refractivity contribution >= 4 is 0 Å². The molecule has 60 valence electrons. The summed E-state index contributed by atoms with van der Waals surface area (Å²) in [5, 5.41) is 0. The van der Waals surface area contributed by atoms with Crippen molar-refractivity contribution in [1.29, 1.82) is 0 Å². The first-order valence-corrected chi connectivity index (χ1v) is 3.64. The zero-order chi connectivity index (χ0) is 8.27. The summed E-state index contributed by atoms with van der Waals surface area (Å²) < 4.78 is 5.06. The van der Waals surface area contributed by atoms with Gasteiger partial charge in [0.2, 0.25) is 0 Å². The first-order valence-electron chi connectivity index (χ1n) is 3.64. The first-order chi connectivity index (χ1) is 5.25. The molecular weight excluding hydrogens is 138 g/mol. The largest absolute Gasteiger partial charge is 0.380 e. The minimum Gasteiger partial charge on any atom is -0.380 e. The van der Waals surface area contributed by atoms with Crippen molar-refractivity contribution in [3.8, 4) is 0 Å². The number of rotatable bonds is 2. The normalized spacial score (nSPS) is 10.1. The zero-order valence-corrected chi connectivity index (χ0v) is 7.22. The van der Waals surface area contributed by atoms with Crippen LogP contribution < -0.4 is 0 Å². The summed E-state index contributed by atoms with van der Waals surface area (Å²) in [4.78, 5) is 4.07. The van der Waals surface area contributed by atoms with Crippen molar-refractivity contribution in [1.82, 2.24) is 4.98 Å². The summed E-state index contributed by atoms with van der Waals surface area (Å²) in [6.07, 6.45) is 3.72. The van der Waals surface area contributed by atoms with Gasteiger partial charge >= 0.3 is 0 Å². The van der Waals surface area contributed by atoms with Gasteiger partial charge in [0.1, 0.15) is 0 Å². The average Bonchev–Trinajstić information content (AvgIpc) is 1.97. The molecule has 0 aliphatic carbocycles. The molecule has 0 amide bonds. The lowest BCUT2D eigenvalue weighted by Gasteiger charge is -2.06. The second-order valence-corrected chi connectivity index (χ2v) is 2.68. The molecule has 0 atom stereocenters. The lowest BCUT2D eigenvalue weighted by Crippen LogP contribution is -1.96. The smallest absolute Gasteiger partial charge is 0.0719 e. The molecule has 1 aromatic rings. The van der Waals surface area contributed by atoms with Gasteiger partial charge in [-0.25, -0.2) is 0 Å². The Morgan fingerprint density at radius 2 is 1.82 bits per heavy atom. The monoisotopic (exact) mass is 151 g/mol. The highest BCUT2D eigenvalue weighted by Gasteiger charge is 2.00. The molecule has 0 unspecified atom stereocenters. The number of pyridine rings is 1. The number of hydrogen-bond acceptors (Lipinski definition) is 2. The van der Waals surface area contributed by atoms with E-state index in [1.807, 2.05) is 26.2 Å². The van der Waals surface area contributed by atoms with Gasteiger partial charge in [-0.3, -0.25) is 4.98 Å². The maximum atomic E-state index is 5.06. The van der Waals surface area contributed by atoms with Crippen LogP contribution in [0.3, 0.4) is 0 Å². The van der Waals surface area contributed by atoms with Crippen LogP contribution in [0.15, 0.2) is 12.4 Å². The average molecular weight is 151 g/mol.